The molecule has 0 aromatic rings. The van der Waals surface area contributed by atoms with Crippen molar-refractivity contribution < 1.29 is 9.22 Å². The van der Waals surface area contributed by atoms with Crippen LogP contribution in [0.4, 0.5) is 0 Å². The SMILES string of the molecule is CCCCCCCCCCCCC(CO[Si](C)(C)CCCSC(=O)CCCCCCCCCCC)NC. The molecule has 1 N–H and O–H groups in total. The van der Waals surface area contributed by atoms with Crippen LogP contribution in [0.15, 0.2) is 0 Å². The number of hydrogen-bond donors (Lipinski definition) is 1. The highest BCUT2D eigenvalue weighted by atomic mass is 32.2. The molecule has 0 aromatic heterocycles. The largest absolute Gasteiger partial charge is 0.416 e. The van der Waals surface area contributed by atoms with Crippen LogP contribution in [0.2, 0.25) is 19.1 Å². The van der Waals surface area contributed by atoms with Gasteiger partial charge in [0.15, 0.2) is 13.4 Å². The molecule has 0 radical (unpaired) electrons. The molecular formula is C32H67NO2SSi. The maximum absolute atomic E-state index is 12.2. The quantitative estimate of drug-likeness (QED) is 0.0733. The van der Waals surface area contributed by atoms with Crippen LogP contribution in [0.3, 0.4) is 0 Å². The fourth-order valence-electron chi connectivity index (χ4n) is 4.92. The van der Waals surface area contributed by atoms with Crippen LogP contribution in [0.1, 0.15) is 155 Å². The first-order valence-electron chi connectivity index (χ1n) is 16.4. The van der Waals surface area contributed by atoms with Crippen LogP contribution in [0.5, 0.6) is 0 Å². The molecule has 0 fully saturated rings. The summed E-state index contributed by atoms with van der Waals surface area (Å²) < 4.78 is 6.45. The molecule has 3 nitrogen and oxygen atoms in total. The van der Waals surface area contributed by atoms with E-state index in [1.807, 2.05) is 0 Å². The molecule has 0 bridgehead atoms. The maximum Gasteiger partial charge on any atom is 0.188 e. The Bertz CT molecular complexity index is 489. The van der Waals surface area contributed by atoms with Crippen LogP contribution in [-0.2, 0) is 9.22 Å². The molecule has 0 rings (SSSR count). The first-order chi connectivity index (χ1) is 17.9. The van der Waals surface area contributed by atoms with Gasteiger partial charge in [0.25, 0.3) is 0 Å². The number of rotatable bonds is 29. The van der Waals surface area contributed by atoms with E-state index >= 15 is 0 Å². The van der Waals surface area contributed by atoms with Gasteiger partial charge in [0.1, 0.15) is 0 Å². The fraction of sp³-hybridized carbons (Fsp3) is 0.969. The van der Waals surface area contributed by atoms with E-state index in [2.05, 4.69) is 39.3 Å². The lowest BCUT2D eigenvalue weighted by Gasteiger charge is -2.26. The van der Waals surface area contributed by atoms with Crippen molar-refractivity contribution in [1.82, 2.24) is 5.32 Å². The summed E-state index contributed by atoms with van der Waals surface area (Å²) in [4.78, 5) is 12.2. The van der Waals surface area contributed by atoms with E-state index in [0.717, 1.165) is 37.7 Å². The third kappa shape index (κ3) is 27.5. The first-order valence-corrected chi connectivity index (χ1v) is 20.5. The van der Waals surface area contributed by atoms with Gasteiger partial charge in [-0.05, 0) is 45.4 Å². The van der Waals surface area contributed by atoms with Crippen molar-refractivity contribution in [2.24, 2.45) is 0 Å². The zero-order valence-electron chi connectivity index (χ0n) is 26.0. The predicted molar refractivity (Wildman–Crippen MR) is 171 cm³/mol. The van der Waals surface area contributed by atoms with E-state index in [4.69, 9.17) is 4.43 Å². The zero-order chi connectivity index (χ0) is 27.5. The summed E-state index contributed by atoms with van der Waals surface area (Å²) in [6, 6.07) is 1.63. The van der Waals surface area contributed by atoms with E-state index in [1.54, 1.807) is 11.8 Å². The summed E-state index contributed by atoms with van der Waals surface area (Å²) in [5.74, 6) is 0.962. The highest BCUT2D eigenvalue weighted by molar-refractivity contribution is 8.13. The minimum Gasteiger partial charge on any atom is -0.416 e. The second kappa shape index (κ2) is 27.7. The minimum atomic E-state index is -1.65. The fourth-order valence-corrected chi connectivity index (χ4v) is 7.81. The summed E-state index contributed by atoms with van der Waals surface area (Å²) in [5.41, 5.74) is 0. The molecule has 37 heavy (non-hydrogen) atoms. The van der Waals surface area contributed by atoms with Crippen LogP contribution >= 0.6 is 11.8 Å². The number of thioether (sulfide) groups is 1. The molecule has 0 heterocycles. The van der Waals surface area contributed by atoms with Gasteiger partial charge in [-0.25, -0.2) is 0 Å². The van der Waals surface area contributed by atoms with E-state index in [0.29, 0.717) is 11.2 Å². The molecule has 222 valence electrons. The number of carbonyl (C=O) groups is 1. The lowest BCUT2D eigenvalue weighted by atomic mass is 10.0. The molecule has 1 atom stereocenters. The molecule has 0 aliphatic rings. The Labute approximate surface area is 239 Å². The second-order valence-electron chi connectivity index (χ2n) is 11.9. The third-order valence-electron chi connectivity index (χ3n) is 7.66. The van der Waals surface area contributed by atoms with Gasteiger partial charge < -0.3 is 9.74 Å². The molecule has 0 spiro atoms. The van der Waals surface area contributed by atoms with Gasteiger partial charge in [0.2, 0.25) is 0 Å². The summed E-state index contributed by atoms with van der Waals surface area (Å²) in [6.07, 6.45) is 28.8. The zero-order valence-corrected chi connectivity index (χ0v) is 27.8. The monoisotopic (exact) mass is 557 g/mol. The highest BCUT2D eigenvalue weighted by Crippen LogP contribution is 2.20. The van der Waals surface area contributed by atoms with Crippen molar-refractivity contribution in [2.45, 2.75) is 180 Å². The second-order valence-corrected chi connectivity index (χ2v) is 17.4. The minimum absolute atomic E-state index is 0.398. The van der Waals surface area contributed by atoms with Crippen LogP contribution in [0, 0.1) is 0 Å². The highest BCUT2D eigenvalue weighted by Gasteiger charge is 2.23. The standard InChI is InChI=1S/C32H67NO2SSi/c1-6-8-10-12-14-16-18-19-21-23-26-31(33-3)30-35-37(4,5)29-25-28-36-32(34)27-24-22-20-17-15-13-11-9-7-2/h31,33H,6-30H2,1-5H3. The first kappa shape index (κ1) is 37.2. The van der Waals surface area contributed by atoms with Gasteiger partial charge in [-0.15, -0.1) is 0 Å². The van der Waals surface area contributed by atoms with Crippen molar-refractivity contribution >= 4 is 25.2 Å². The van der Waals surface area contributed by atoms with Gasteiger partial charge in [-0.3, -0.25) is 4.79 Å². The van der Waals surface area contributed by atoms with Crippen LogP contribution < -0.4 is 5.32 Å². The Morgan fingerprint density at radius 3 is 1.65 bits per heavy atom. The molecule has 5 heteroatoms. The molecule has 0 saturated carbocycles. The van der Waals surface area contributed by atoms with Gasteiger partial charge in [-0.2, -0.15) is 0 Å². The summed E-state index contributed by atoms with van der Waals surface area (Å²) >= 11 is 1.56. The van der Waals surface area contributed by atoms with Crippen molar-refractivity contribution in [1.29, 1.82) is 0 Å². The molecule has 0 aliphatic heterocycles. The van der Waals surface area contributed by atoms with Crippen LogP contribution in [0.25, 0.3) is 0 Å². The topological polar surface area (TPSA) is 38.3 Å². The third-order valence-corrected chi connectivity index (χ3v) is 11.2. The van der Waals surface area contributed by atoms with Gasteiger partial charge in [0, 0.05) is 24.8 Å². The molecule has 1 unspecified atom stereocenters. The van der Waals surface area contributed by atoms with Crippen molar-refractivity contribution in [3.63, 3.8) is 0 Å². The average molecular weight is 558 g/mol. The normalized spacial score (nSPS) is 12.8. The molecular weight excluding hydrogens is 491 g/mol. The Morgan fingerprint density at radius 2 is 1.16 bits per heavy atom. The Hall–Kier alpha value is 0.157. The average Bonchev–Trinajstić information content (AvgIpc) is 2.88. The predicted octanol–water partition coefficient (Wildman–Crippen LogP) is 10.7. The number of nitrogens with one attached hydrogen (secondary N) is 1. The lowest BCUT2D eigenvalue weighted by molar-refractivity contribution is -0.111. The number of unbranched alkanes of at least 4 members (excludes halogenated alkanes) is 17. The molecule has 0 amide bonds. The number of hydrogen-bond acceptors (Lipinski definition) is 4. The number of likely N-dealkylation sites (N-methyl/N-ethyl adjacent to an activating group) is 1. The maximum atomic E-state index is 12.2. The summed E-state index contributed by atoms with van der Waals surface area (Å²) in [6.45, 7) is 10.1. The smallest absolute Gasteiger partial charge is 0.188 e. The molecule has 0 saturated heterocycles. The summed E-state index contributed by atoms with van der Waals surface area (Å²) in [7, 11) is 0.427. The van der Waals surface area contributed by atoms with Crippen molar-refractivity contribution in [3.8, 4) is 0 Å². The van der Waals surface area contributed by atoms with E-state index < -0.39 is 8.32 Å². The van der Waals surface area contributed by atoms with E-state index in [1.165, 1.54) is 122 Å². The van der Waals surface area contributed by atoms with Crippen LogP contribution in [-0.4, -0.2) is 38.9 Å². The Morgan fingerprint density at radius 1 is 0.703 bits per heavy atom. The molecule has 0 aromatic carbocycles. The Balaban J connectivity index is 3.68. The van der Waals surface area contributed by atoms with Crippen molar-refractivity contribution in [2.75, 3.05) is 19.4 Å². The van der Waals surface area contributed by atoms with Gasteiger partial charge in [-0.1, -0.05) is 141 Å². The molecule has 0 aliphatic carbocycles. The van der Waals surface area contributed by atoms with Gasteiger partial charge >= 0.3 is 0 Å². The van der Waals surface area contributed by atoms with E-state index in [9.17, 15) is 4.79 Å². The lowest BCUT2D eigenvalue weighted by Crippen LogP contribution is -2.38. The van der Waals surface area contributed by atoms with E-state index in [-0.39, 0.29) is 0 Å². The number of carbonyl (C=O) groups excluding carboxylic acids is 1. The summed E-state index contributed by atoms with van der Waals surface area (Å²) in [5, 5.41) is 3.88. The van der Waals surface area contributed by atoms with Gasteiger partial charge in [0.05, 0.1) is 0 Å². The van der Waals surface area contributed by atoms with Crippen molar-refractivity contribution in [3.05, 3.63) is 0 Å². The Kier molecular flexibility index (Phi) is 27.8.